The van der Waals surface area contributed by atoms with Gasteiger partial charge in [-0.25, -0.2) is 13.6 Å². The van der Waals surface area contributed by atoms with Crippen LogP contribution in [0.2, 0.25) is 0 Å². The molecule has 1 fully saturated rings. The van der Waals surface area contributed by atoms with Gasteiger partial charge < -0.3 is 56.5 Å². The van der Waals surface area contributed by atoms with Gasteiger partial charge in [-0.05, 0) is 124 Å². The third-order valence-electron chi connectivity index (χ3n) is 10.7. The molecular formula is C40H59B2F2N5O11. The van der Waals surface area contributed by atoms with Gasteiger partial charge in [0, 0.05) is 32.0 Å². The highest BCUT2D eigenvalue weighted by Gasteiger charge is 2.38. The zero-order valence-corrected chi connectivity index (χ0v) is 34.2. The molecule has 0 unspecified atom stereocenters. The maximum absolute atomic E-state index is 13.8. The first-order valence-electron chi connectivity index (χ1n) is 20.6. The van der Waals surface area contributed by atoms with Crippen molar-refractivity contribution in [2.75, 3.05) is 19.6 Å². The number of carboxylic acids is 1. The Morgan fingerprint density at radius 2 is 1.47 bits per heavy atom. The molecule has 20 heteroatoms. The molecule has 0 saturated carbocycles. The highest BCUT2D eigenvalue weighted by atomic mass is 19.1. The predicted molar refractivity (Wildman–Crippen MR) is 220 cm³/mol. The second-order valence-corrected chi connectivity index (χ2v) is 15.2. The molecule has 2 aromatic carbocycles. The van der Waals surface area contributed by atoms with E-state index in [-0.39, 0.29) is 55.6 Å². The van der Waals surface area contributed by atoms with Crippen LogP contribution in [0.5, 0.6) is 0 Å². The van der Waals surface area contributed by atoms with Gasteiger partial charge >= 0.3 is 20.2 Å². The lowest BCUT2D eigenvalue weighted by atomic mass is 9.76. The summed E-state index contributed by atoms with van der Waals surface area (Å²) in [4.78, 5) is 65.8. The predicted octanol–water partition coefficient (Wildman–Crippen LogP) is -0.654. The van der Waals surface area contributed by atoms with E-state index in [2.05, 4.69) is 21.3 Å². The lowest BCUT2D eigenvalue weighted by Crippen LogP contribution is -2.54. The van der Waals surface area contributed by atoms with Crippen molar-refractivity contribution in [3.63, 3.8) is 0 Å². The molecule has 2 aromatic rings. The van der Waals surface area contributed by atoms with E-state index in [9.17, 15) is 63.1 Å². The Labute approximate surface area is 349 Å². The van der Waals surface area contributed by atoms with Gasteiger partial charge in [-0.1, -0.05) is 25.5 Å². The first-order chi connectivity index (χ1) is 28.5. The minimum Gasteiger partial charge on any atom is -0.480 e. The molecule has 1 saturated heterocycles. The molecule has 16 nitrogen and oxygen atoms in total. The Morgan fingerprint density at radius 3 is 2.08 bits per heavy atom. The van der Waals surface area contributed by atoms with Crippen molar-refractivity contribution in [2.45, 2.75) is 122 Å². The molecule has 3 rings (SSSR count). The number of unbranched alkanes of at least 4 members (excludes halogenated alkanes) is 2. The summed E-state index contributed by atoms with van der Waals surface area (Å²) in [5.74, 6) is -4.57. The minimum atomic E-state index is -1.81. The first kappa shape index (κ1) is 49.9. The Hall–Kier alpha value is -4.46. The molecule has 0 aliphatic carbocycles. The zero-order chi connectivity index (χ0) is 44.4. The van der Waals surface area contributed by atoms with Crippen LogP contribution in [0.3, 0.4) is 0 Å². The number of amides is 4. The number of benzene rings is 2. The molecule has 0 radical (unpaired) electrons. The largest absolute Gasteiger partial charge is 0.488 e. The van der Waals surface area contributed by atoms with Crippen molar-refractivity contribution in [1.82, 2.24) is 26.2 Å². The van der Waals surface area contributed by atoms with Crippen LogP contribution >= 0.6 is 0 Å². The number of halogens is 2. The lowest BCUT2D eigenvalue weighted by molar-refractivity contribution is -0.147. The lowest BCUT2D eigenvalue weighted by Gasteiger charge is -2.29. The summed E-state index contributed by atoms with van der Waals surface area (Å²) in [6.07, 6.45) is 3.38. The van der Waals surface area contributed by atoms with Crippen molar-refractivity contribution in [1.29, 1.82) is 0 Å². The molecule has 10 N–H and O–H groups in total. The number of aliphatic carboxylic acids is 1. The van der Waals surface area contributed by atoms with Gasteiger partial charge in [-0.3, -0.25) is 19.2 Å². The number of carbonyl (C=O) groups is 5. The molecule has 4 amide bonds. The van der Waals surface area contributed by atoms with Crippen molar-refractivity contribution < 1.29 is 63.1 Å². The van der Waals surface area contributed by atoms with Crippen LogP contribution in [-0.2, 0) is 36.9 Å². The number of carbonyl (C=O) groups excluding carboxylic acids is 4. The van der Waals surface area contributed by atoms with E-state index in [4.69, 9.17) is 0 Å². The fraction of sp³-hybridized carbons (Fsp3) is 0.575. The van der Waals surface area contributed by atoms with Gasteiger partial charge in [0.2, 0.25) is 23.6 Å². The monoisotopic (exact) mass is 845 g/mol. The molecule has 60 heavy (non-hydrogen) atoms. The number of hydrogen-bond acceptors (Lipinski definition) is 11. The smallest absolute Gasteiger partial charge is 0.480 e. The van der Waals surface area contributed by atoms with E-state index < -0.39 is 79.7 Å². The molecule has 0 bridgehead atoms. The molecule has 1 aliphatic rings. The number of carboxylic acid groups (broad SMARTS) is 1. The number of aliphatic hydroxyl groups excluding tert-OH is 1. The molecule has 1 aliphatic heterocycles. The summed E-state index contributed by atoms with van der Waals surface area (Å²) in [6.45, 7) is 4.32. The summed E-state index contributed by atoms with van der Waals surface area (Å²) in [6, 6.07) is 3.95. The minimum absolute atomic E-state index is 0.0256. The van der Waals surface area contributed by atoms with Crippen LogP contribution in [-0.4, -0.2) is 123 Å². The van der Waals surface area contributed by atoms with E-state index in [1.807, 2.05) is 6.92 Å². The normalized spacial score (nSPS) is 15.8. The number of likely N-dealkylation sites (tertiary alicyclic amines) is 1. The standard InChI is InChI=1S/C40H59B2F2N5O11/c1-3-26(39(54)49-21-9-13-34(49)38(53)48-36(25(2)50)40(55)56)10-4-7-20-46-37(52)33(12-5-6-19-45-24-28-23-30(44)16-18-32(28)42(59)60)47-35(51)14-8-11-27-22-29(43)15-17-31(27)41(57)58/h15-18,22-23,25-26,33-34,36,45,50,57-60H,3-14,19-21,24H2,1-2H3,(H,46,52)(H,47,51)(H,48,53)(H,55,56)/t25-,26+,33+,34+,36+/m1/s1. The fourth-order valence-electron chi connectivity index (χ4n) is 7.35. The van der Waals surface area contributed by atoms with Crippen LogP contribution < -0.4 is 32.2 Å². The van der Waals surface area contributed by atoms with Crippen LogP contribution in [0.1, 0.15) is 95.6 Å². The van der Waals surface area contributed by atoms with Crippen LogP contribution in [0.25, 0.3) is 0 Å². The number of aryl methyl sites for hydroxylation is 1. The molecule has 0 spiro atoms. The number of nitrogens with one attached hydrogen (secondary N) is 4. The van der Waals surface area contributed by atoms with Gasteiger partial charge in [0.1, 0.15) is 23.7 Å². The van der Waals surface area contributed by atoms with Crippen molar-refractivity contribution in [3.8, 4) is 0 Å². The van der Waals surface area contributed by atoms with E-state index in [0.29, 0.717) is 75.6 Å². The molecule has 5 atom stereocenters. The average Bonchev–Trinajstić information content (AvgIpc) is 3.69. The van der Waals surface area contributed by atoms with Crippen LogP contribution in [0.4, 0.5) is 8.78 Å². The van der Waals surface area contributed by atoms with Crippen molar-refractivity contribution >= 4 is 54.8 Å². The molecular weight excluding hydrogens is 786 g/mol. The van der Waals surface area contributed by atoms with Gasteiger partial charge in [-0.15, -0.1) is 0 Å². The van der Waals surface area contributed by atoms with Crippen LogP contribution in [0, 0.1) is 17.6 Å². The van der Waals surface area contributed by atoms with Crippen molar-refractivity contribution in [2.24, 2.45) is 5.92 Å². The second kappa shape index (κ2) is 25.3. The van der Waals surface area contributed by atoms with Crippen molar-refractivity contribution in [3.05, 3.63) is 59.2 Å². The van der Waals surface area contributed by atoms with Crippen LogP contribution in [0.15, 0.2) is 36.4 Å². The maximum atomic E-state index is 13.8. The van der Waals surface area contributed by atoms with E-state index in [1.54, 1.807) is 0 Å². The highest BCUT2D eigenvalue weighted by molar-refractivity contribution is 6.59. The number of aliphatic hydroxyl groups is 1. The fourth-order valence-corrected chi connectivity index (χ4v) is 7.35. The summed E-state index contributed by atoms with van der Waals surface area (Å²) in [7, 11) is -3.57. The van der Waals surface area contributed by atoms with Gasteiger partial charge in [-0.2, -0.15) is 0 Å². The molecule has 1 heterocycles. The quantitative estimate of drug-likeness (QED) is 0.0419. The summed E-state index contributed by atoms with van der Waals surface area (Å²) >= 11 is 0. The summed E-state index contributed by atoms with van der Waals surface area (Å²) in [5, 5.41) is 68.7. The third kappa shape index (κ3) is 15.9. The maximum Gasteiger partial charge on any atom is 0.488 e. The SMILES string of the molecule is CC[C@@H](CCCCNC(=O)[C@H](CCCCNCc1cc(F)ccc1B(O)O)NC(=O)CCCc1cc(F)ccc1B(O)O)C(=O)N1CCC[C@H]1C(=O)N[C@H](C(=O)O)[C@@H](C)O. The third-order valence-corrected chi connectivity index (χ3v) is 10.7. The topological polar surface area (TPSA) is 258 Å². The molecule has 330 valence electrons. The van der Waals surface area contributed by atoms with Gasteiger partial charge in [0.15, 0.2) is 6.04 Å². The Bertz CT molecular complexity index is 1740. The summed E-state index contributed by atoms with van der Waals surface area (Å²) < 4.78 is 27.6. The number of rotatable bonds is 26. The Morgan fingerprint density at radius 1 is 0.850 bits per heavy atom. The van der Waals surface area contributed by atoms with E-state index in [1.165, 1.54) is 36.1 Å². The van der Waals surface area contributed by atoms with E-state index in [0.717, 1.165) is 12.1 Å². The highest BCUT2D eigenvalue weighted by Crippen LogP contribution is 2.24. The first-order valence-corrected chi connectivity index (χ1v) is 20.6. The molecule has 0 aromatic heterocycles. The van der Waals surface area contributed by atoms with E-state index >= 15 is 0 Å². The van der Waals surface area contributed by atoms with Gasteiger partial charge in [0.05, 0.1) is 6.10 Å². The number of hydrogen-bond donors (Lipinski definition) is 10. The number of nitrogens with zero attached hydrogens (tertiary/aromatic N) is 1. The second-order valence-electron chi connectivity index (χ2n) is 15.2. The zero-order valence-electron chi connectivity index (χ0n) is 34.2. The Kier molecular flexibility index (Phi) is 21.1. The average molecular weight is 846 g/mol. The Balaban J connectivity index is 1.53. The van der Waals surface area contributed by atoms with Gasteiger partial charge in [0.25, 0.3) is 0 Å². The summed E-state index contributed by atoms with van der Waals surface area (Å²) in [5.41, 5.74) is 1.03.